The van der Waals surface area contributed by atoms with Crippen molar-refractivity contribution < 1.29 is 19.0 Å². The maximum Gasteiger partial charge on any atom is 0.407 e. The highest BCUT2D eigenvalue weighted by Gasteiger charge is 2.14. The van der Waals surface area contributed by atoms with Crippen molar-refractivity contribution in [3.05, 3.63) is 48.6 Å². The molecule has 0 rings (SSSR count). The molecule has 0 aliphatic rings. The summed E-state index contributed by atoms with van der Waals surface area (Å²) in [4.78, 5) is 14.3. The minimum Gasteiger partial charge on any atom is -0.448 e. The normalized spacial score (nSPS) is 12.3. The number of carbonyl (C=O) groups is 1. The Morgan fingerprint density at radius 3 is 1.30 bits per heavy atom. The van der Waals surface area contributed by atoms with Gasteiger partial charge >= 0.3 is 6.09 Å². The Labute approximate surface area is 310 Å². The lowest BCUT2D eigenvalue weighted by Crippen LogP contribution is -2.42. The van der Waals surface area contributed by atoms with Crippen LogP contribution in [-0.2, 0) is 14.2 Å². The van der Waals surface area contributed by atoms with Gasteiger partial charge in [-0.3, -0.25) is 0 Å². The van der Waals surface area contributed by atoms with Gasteiger partial charge in [0.15, 0.2) is 0 Å². The number of hydrogen-bond donors (Lipinski definition) is 1. The van der Waals surface area contributed by atoms with Crippen molar-refractivity contribution in [2.24, 2.45) is 0 Å². The molecule has 50 heavy (non-hydrogen) atoms. The molecule has 0 bridgehead atoms. The number of amides is 1. The summed E-state index contributed by atoms with van der Waals surface area (Å²) in [5, 5.41) is 2.96. The lowest BCUT2D eigenvalue weighted by atomic mass is 10.1. The molecule has 0 unspecified atom stereocenters. The molecule has 0 fully saturated rings. The van der Waals surface area contributed by atoms with E-state index in [9.17, 15) is 4.79 Å². The zero-order valence-electron chi connectivity index (χ0n) is 33.5. The molecular formula is C44H82N2O4. The van der Waals surface area contributed by atoms with Crippen molar-refractivity contribution in [1.82, 2.24) is 10.2 Å². The molecule has 0 aromatic heterocycles. The van der Waals surface area contributed by atoms with Crippen LogP contribution in [0.15, 0.2) is 48.6 Å². The molecular weight excluding hydrogens is 620 g/mol. The second kappa shape index (κ2) is 41.5. The van der Waals surface area contributed by atoms with Gasteiger partial charge in [0.05, 0.1) is 19.3 Å². The van der Waals surface area contributed by atoms with E-state index in [2.05, 4.69) is 67.8 Å². The summed E-state index contributed by atoms with van der Waals surface area (Å²) in [5.41, 5.74) is 0. The van der Waals surface area contributed by atoms with Crippen molar-refractivity contribution in [3.8, 4) is 0 Å². The number of ether oxygens (including phenoxy) is 3. The number of hydrogen-bond acceptors (Lipinski definition) is 5. The Kier molecular flexibility index (Phi) is 40.0. The molecule has 0 aromatic carbocycles. The minimum absolute atomic E-state index is 0.198. The molecule has 0 saturated carbocycles. The first-order valence-corrected chi connectivity index (χ1v) is 20.9. The second-order valence-corrected chi connectivity index (χ2v) is 14.1. The summed E-state index contributed by atoms with van der Waals surface area (Å²) in [6.45, 7) is 7.91. The standard InChI is InChI=1S/C44H82N2O4/c1-5-7-9-11-13-15-17-19-21-23-25-27-29-31-33-35-38-48-41-43(45-44(47)50-40-37-46(3)4)42-49-39-36-34-32-30-28-26-24-22-20-18-16-14-12-10-8-6-2/h13-16,19-22,43H,5-12,17-18,23-42H2,1-4H3,(H,45,47)/b15-13-,16-14-,21-19-,22-20-. The zero-order valence-corrected chi connectivity index (χ0v) is 33.5. The van der Waals surface area contributed by atoms with Crippen LogP contribution in [0.2, 0.25) is 0 Å². The van der Waals surface area contributed by atoms with Crippen LogP contribution >= 0.6 is 0 Å². The maximum absolute atomic E-state index is 12.3. The first-order chi connectivity index (χ1) is 24.6. The molecule has 6 nitrogen and oxygen atoms in total. The van der Waals surface area contributed by atoms with E-state index >= 15 is 0 Å². The van der Waals surface area contributed by atoms with E-state index in [0.717, 1.165) is 25.7 Å². The average molecular weight is 703 g/mol. The van der Waals surface area contributed by atoms with Gasteiger partial charge in [0.25, 0.3) is 0 Å². The van der Waals surface area contributed by atoms with Crippen LogP contribution in [0.1, 0.15) is 168 Å². The number of unbranched alkanes of at least 4 members (excludes halogenated alkanes) is 18. The average Bonchev–Trinajstić information content (AvgIpc) is 3.10. The number of rotatable bonds is 38. The van der Waals surface area contributed by atoms with Crippen molar-refractivity contribution in [2.75, 3.05) is 53.7 Å². The fourth-order valence-corrected chi connectivity index (χ4v) is 5.50. The summed E-state index contributed by atoms with van der Waals surface area (Å²) in [7, 11) is 3.93. The van der Waals surface area contributed by atoms with Gasteiger partial charge in [-0.1, -0.05) is 140 Å². The Morgan fingerprint density at radius 2 is 0.900 bits per heavy atom. The molecule has 1 N–H and O–H groups in total. The summed E-state index contributed by atoms with van der Waals surface area (Å²) < 4.78 is 17.3. The smallest absolute Gasteiger partial charge is 0.407 e. The van der Waals surface area contributed by atoms with Crippen LogP contribution in [0.25, 0.3) is 0 Å². The van der Waals surface area contributed by atoms with E-state index < -0.39 is 6.09 Å². The number of carbonyl (C=O) groups excluding carboxylic acids is 1. The third-order valence-corrected chi connectivity index (χ3v) is 8.71. The first-order valence-electron chi connectivity index (χ1n) is 20.9. The van der Waals surface area contributed by atoms with Gasteiger partial charge in [-0.05, 0) is 91.1 Å². The summed E-state index contributed by atoms with van der Waals surface area (Å²) in [5.74, 6) is 0. The van der Waals surface area contributed by atoms with Gasteiger partial charge in [0.1, 0.15) is 6.61 Å². The molecule has 0 atom stereocenters. The van der Waals surface area contributed by atoms with Crippen LogP contribution in [0, 0.1) is 0 Å². The second-order valence-electron chi connectivity index (χ2n) is 14.1. The molecule has 6 heteroatoms. The van der Waals surface area contributed by atoms with Crippen LogP contribution in [0.5, 0.6) is 0 Å². The van der Waals surface area contributed by atoms with Gasteiger partial charge in [0, 0.05) is 19.8 Å². The Hall–Kier alpha value is -1.89. The van der Waals surface area contributed by atoms with E-state index in [1.54, 1.807) is 0 Å². The zero-order chi connectivity index (χ0) is 36.4. The van der Waals surface area contributed by atoms with E-state index in [-0.39, 0.29) is 6.04 Å². The molecule has 0 aromatic rings. The van der Waals surface area contributed by atoms with Gasteiger partial charge in [-0.25, -0.2) is 4.79 Å². The molecule has 0 radical (unpaired) electrons. The Bertz CT molecular complexity index is 756. The third-order valence-electron chi connectivity index (χ3n) is 8.71. The van der Waals surface area contributed by atoms with Crippen molar-refractivity contribution in [3.63, 3.8) is 0 Å². The van der Waals surface area contributed by atoms with Gasteiger partial charge in [0.2, 0.25) is 0 Å². The molecule has 1 amide bonds. The van der Waals surface area contributed by atoms with Crippen LogP contribution in [-0.4, -0.2) is 70.7 Å². The summed E-state index contributed by atoms with van der Waals surface area (Å²) in [6, 6.07) is -0.198. The number of nitrogens with one attached hydrogen (secondary N) is 1. The molecule has 292 valence electrons. The van der Waals surface area contributed by atoms with Crippen LogP contribution in [0.4, 0.5) is 4.79 Å². The Balaban J connectivity index is 3.95. The molecule has 0 heterocycles. The fraction of sp³-hybridized carbons (Fsp3) is 0.795. The highest BCUT2D eigenvalue weighted by atomic mass is 16.6. The van der Waals surface area contributed by atoms with Gasteiger partial charge in [-0.15, -0.1) is 0 Å². The van der Waals surface area contributed by atoms with Gasteiger partial charge < -0.3 is 24.4 Å². The predicted molar refractivity (Wildman–Crippen MR) is 217 cm³/mol. The number of nitrogens with zero attached hydrogens (tertiary/aromatic N) is 1. The number of allylic oxidation sites excluding steroid dienone is 8. The van der Waals surface area contributed by atoms with E-state index in [0.29, 0.717) is 39.6 Å². The minimum atomic E-state index is -0.397. The molecule has 0 saturated heterocycles. The Morgan fingerprint density at radius 1 is 0.520 bits per heavy atom. The maximum atomic E-state index is 12.3. The van der Waals surface area contributed by atoms with Crippen molar-refractivity contribution in [2.45, 2.75) is 174 Å². The topological polar surface area (TPSA) is 60.0 Å². The quantitative estimate of drug-likeness (QED) is 0.0513. The summed E-state index contributed by atoms with van der Waals surface area (Å²) >= 11 is 0. The lowest BCUT2D eigenvalue weighted by Gasteiger charge is -2.19. The van der Waals surface area contributed by atoms with Crippen molar-refractivity contribution in [1.29, 1.82) is 0 Å². The largest absolute Gasteiger partial charge is 0.448 e. The SMILES string of the molecule is CCCCC/C=C\C/C=C\CCCCCCCCOCC(COCCCCCCCC/C=C\C/C=C\CCCCC)NC(=O)OCCN(C)C. The highest BCUT2D eigenvalue weighted by molar-refractivity contribution is 5.67. The molecule has 0 spiro atoms. The van der Waals surface area contributed by atoms with Crippen LogP contribution in [0.3, 0.4) is 0 Å². The molecule has 0 aliphatic heterocycles. The van der Waals surface area contributed by atoms with Gasteiger partial charge in [-0.2, -0.15) is 0 Å². The van der Waals surface area contributed by atoms with E-state index in [1.807, 2.05) is 19.0 Å². The number of alkyl carbamates (subject to hydrolysis) is 1. The highest BCUT2D eigenvalue weighted by Crippen LogP contribution is 2.10. The third kappa shape index (κ3) is 40.5. The summed E-state index contributed by atoms with van der Waals surface area (Å²) in [6.07, 6.45) is 47.8. The first kappa shape index (κ1) is 48.1. The van der Waals surface area contributed by atoms with Crippen molar-refractivity contribution >= 4 is 6.09 Å². The van der Waals surface area contributed by atoms with E-state index in [1.165, 1.54) is 128 Å². The monoisotopic (exact) mass is 703 g/mol. The molecule has 0 aliphatic carbocycles. The lowest BCUT2D eigenvalue weighted by molar-refractivity contribution is 0.0487. The fourth-order valence-electron chi connectivity index (χ4n) is 5.50. The predicted octanol–water partition coefficient (Wildman–Crippen LogP) is 12.3. The number of likely N-dealkylation sites (N-methyl/N-ethyl adjacent to an activating group) is 1. The van der Waals surface area contributed by atoms with Crippen LogP contribution < -0.4 is 5.32 Å². The van der Waals surface area contributed by atoms with E-state index in [4.69, 9.17) is 14.2 Å².